The predicted molar refractivity (Wildman–Crippen MR) is 101 cm³/mol. The number of carbonyl (C=O) groups excluding carboxylic acids is 1. The first-order chi connectivity index (χ1) is 12.6. The first-order valence-corrected chi connectivity index (χ1v) is 9.53. The van der Waals surface area contributed by atoms with Crippen LogP contribution < -0.4 is 10.1 Å². The molecular weight excluding hydrogens is 352 g/mol. The fraction of sp³-hybridized carbons (Fsp3) is 0.500. The van der Waals surface area contributed by atoms with Gasteiger partial charge < -0.3 is 14.8 Å². The van der Waals surface area contributed by atoms with Gasteiger partial charge in [-0.15, -0.1) is 10.2 Å². The molecule has 1 aromatic carbocycles. The fourth-order valence-corrected chi connectivity index (χ4v) is 3.68. The molecule has 0 radical (unpaired) electrons. The summed E-state index contributed by atoms with van der Waals surface area (Å²) in [5.74, 6) is 0.489. The van der Waals surface area contributed by atoms with Crippen LogP contribution in [-0.4, -0.2) is 54.4 Å². The Morgan fingerprint density at radius 3 is 2.85 bits per heavy atom. The Morgan fingerprint density at radius 2 is 2.15 bits per heavy atom. The molecule has 1 saturated heterocycles. The number of hydrogen-bond acceptors (Lipinski definition) is 7. The Labute approximate surface area is 157 Å². The van der Waals surface area contributed by atoms with Crippen LogP contribution in [0.1, 0.15) is 34.1 Å². The van der Waals surface area contributed by atoms with E-state index in [0.717, 1.165) is 36.8 Å². The minimum atomic E-state index is -0.253. The quantitative estimate of drug-likeness (QED) is 0.801. The third-order valence-electron chi connectivity index (χ3n) is 4.20. The van der Waals surface area contributed by atoms with Crippen molar-refractivity contribution < 1.29 is 14.3 Å². The zero-order valence-electron chi connectivity index (χ0n) is 15.1. The molecule has 2 aromatic rings. The average Bonchev–Trinajstić information content (AvgIpc) is 3.11. The summed E-state index contributed by atoms with van der Waals surface area (Å²) in [6, 6.07) is 7.17. The molecule has 0 bridgehead atoms. The monoisotopic (exact) mass is 376 g/mol. The summed E-state index contributed by atoms with van der Waals surface area (Å²) in [5, 5.41) is 12.2. The number of nitrogens with zero attached hydrogens (tertiary/aromatic N) is 3. The molecule has 3 rings (SSSR count). The number of anilines is 1. The summed E-state index contributed by atoms with van der Waals surface area (Å²) in [5.41, 5.74) is 0.694. The lowest BCUT2D eigenvalue weighted by molar-refractivity contribution is -0.00262. The molecule has 1 atom stereocenters. The number of methoxy groups -OCH3 is 1. The number of nitrogens with one attached hydrogen (secondary N) is 1. The van der Waals surface area contributed by atoms with Crippen LogP contribution in [0.4, 0.5) is 5.69 Å². The number of ether oxygens (including phenoxy) is 2. The highest BCUT2D eigenvalue weighted by atomic mass is 32.1. The summed E-state index contributed by atoms with van der Waals surface area (Å²) < 4.78 is 10.9. The minimum Gasteiger partial charge on any atom is -0.497 e. The minimum absolute atomic E-state index is 0.253. The van der Waals surface area contributed by atoms with Gasteiger partial charge in [-0.25, -0.2) is 0 Å². The van der Waals surface area contributed by atoms with Crippen molar-refractivity contribution in [1.82, 2.24) is 15.1 Å². The third-order valence-corrected chi connectivity index (χ3v) is 5.11. The van der Waals surface area contributed by atoms with Gasteiger partial charge in [0, 0.05) is 18.8 Å². The average molecular weight is 376 g/mol. The molecule has 1 N–H and O–H groups in total. The van der Waals surface area contributed by atoms with Gasteiger partial charge in [0.15, 0.2) is 0 Å². The molecule has 1 aliphatic rings. The third kappa shape index (κ3) is 5.23. The number of hydrogen-bond donors (Lipinski definition) is 1. The van der Waals surface area contributed by atoms with Crippen LogP contribution in [0.2, 0.25) is 0 Å². The Bertz CT molecular complexity index is 713. The van der Waals surface area contributed by atoms with E-state index in [4.69, 9.17) is 9.47 Å². The van der Waals surface area contributed by atoms with E-state index >= 15 is 0 Å². The second kappa shape index (κ2) is 9.07. The van der Waals surface area contributed by atoms with Crippen molar-refractivity contribution in [2.24, 2.45) is 0 Å². The van der Waals surface area contributed by atoms with Crippen LogP contribution in [0.15, 0.2) is 24.3 Å². The van der Waals surface area contributed by atoms with Crippen molar-refractivity contribution in [3.05, 3.63) is 34.3 Å². The Balaban J connectivity index is 1.51. The normalized spacial score (nSPS) is 17.3. The summed E-state index contributed by atoms with van der Waals surface area (Å²) in [4.78, 5) is 14.5. The number of likely N-dealkylation sites (N-methyl/N-ethyl adjacent to an activating group) is 1. The predicted octanol–water partition coefficient (Wildman–Crippen LogP) is 2.80. The van der Waals surface area contributed by atoms with E-state index in [0.29, 0.717) is 23.3 Å². The Hall–Kier alpha value is -2.03. The zero-order valence-corrected chi connectivity index (χ0v) is 15.9. The van der Waals surface area contributed by atoms with Crippen molar-refractivity contribution in [1.29, 1.82) is 0 Å². The molecule has 1 amide bonds. The van der Waals surface area contributed by atoms with Crippen LogP contribution in [0, 0.1) is 0 Å². The molecule has 1 aliphatic heterocycles. The number of rotatable bonds is 7. The maximum Gasteiger partial charge on any atom is 0.286 e. The molecule has 0 saturated carbocycles. The van der Waals surface area contributed by atoms with Gasteiger partial charge in [-0.1, -0.05) is 11.3 Å². The van der Waals surface area contributed by atoms with E-state index in [-0.39, 0.29) is 5.91 Å². The van der Waals surface area contributed by atoms with Gasteiger partial charge in [0.25, 0.3) is 5.91 Å². The smallest absolute Gasteiger partial charge is 0.286 e. The number of amides is 1. The molecular formula is C18H24N4O3S. The molecule has 26 heavy (non-hydrogen) atoms. The SMILES string of the molecule is COc1ccc(NC(=O)c2nnc(CN(C)CC3CCCCO3)s2)cc1. The topological polar surface area (TPSA) is 76.6 Å². The fourth-order valence-electron chi connectivity index (χ4n) is 2.86. The van der Waals surface area contributed by atoms with Gasteiger partial charge in [0.05, 0.1) is 19.8 Å². The Kier molecular flexibility index (Phi) is 6.54. The standard InChI is InChI=1S/C18H24N4O3S/c1-22(11-15-5-3-4-10-25-15)12-16-20-21-18(26-16)17(23)19-13-6-8-14(24-2)9-7-13/h6-9,15H,3-5,10-12H2,1-2H3,(H,19,23). The van der Waals surface area contributed by atoms with Crippen LogP contribution in [-0.2, 0) is 11.3 Å². The van der Waals surface area contributed by atoms with Gasteiger partial charge in [0.1, 0.15) is 10.8 Å². The second-order valence-corrected chi connectivity index (χ2v) is 7.43. The first kappa shape index (κ1) is 18.8. The molecule has 8 heteroatoms. The highest BCUT2D eigenvalue weighted by Crippen LogP contribution is 2.18. The van der Waals surface area contributed by atoms with Gasteiger partial charge in [-0.05, 0) is 50.6 Å². The number of benzene rings is 1. The molecule has 1 unspecified atom stereocenters. The van der Waals surface area contributed by atoms with Crippen LogP contribution >= 0.6 is 11.3 Å². The highest BCUT2D eigenvalue weighted by molar-refractivity contribution is 7.13. The number of carbonyl (C=O) groups is 1. The lowest BCUT2D eigenvalue weighted by Crippen LogP contribution is -2.33. The van der Waals surface area contributed by atoms with Crippen LogP contribution in [0.5, 0.6) is 5.75 Å². The largest absolute Gasteiger partial charge is 0.497 e. The van der Waals surface area contributed by atoms with Crippen molar-refractivity contribution in [3.8, 4) is 5.75 Å². The molecule has 0 spiro atoms. The van der Waals surface area contributed by atoms with Crippen molar-refractivity contribution in [2.45, 2.75) is 31.9 Å². The van der Waals surface area contributed by atoms with Crippen molar-refractivity contribution in [3.63, 3.8) is 0 Å². The van der Waals surface area contributed by atoms with Gasteiger partial charge in [-0.3, -0.25) is 9.69 Å². The zero-order chi connectivity index (χ0) is 18.4. The number of aromatic nitrogens is 2. The van der Waals surface area contributed by atoms with Crippen molar-refractivity contribution in [2.75, 3.05) is 32.6 Å². The van der Waals surface area contributed by atoms with Crippen LogP contribution in [0.25, 0.3) is 0 Å². The lowest BCUT2D eigenvalue weighted by atomic mass is 10.1. The van der Waals surface area contributed by atoms with E-state index in [1.807, 2.05) is 7.05 Å². The van der Waals surface area contributed by atoms with E-state index in [2.05, 4.69) is 20.4 Å². The molecule has 2 heterocycles. The first-order valence-electron chi connectivity index (χ1n) is 8.72. The van der Waals surface area contributed by atoms with E-state index in [9.17, 15) is 4.79 Å². The maximum absolute atomic E-state index is 12.3. The van der Waals surface area contributed by atoms with E-state index < -0.39 is 0 Å². The second-order valence-electron chi connectivity index (χ2n) is 6.37. The van der Waals surface area contributed by atoms with Gasteiger partial charge >= 0.3 is 0 Å². The highest BCUT2D eigenvalue weighted by Gasteiger charge is 2.18. The summed E-state index contributed by atoms with van der Waals surface area (Å²) in [6.45, 7) is 2.38. The Morgan fingerprint density at radius 1 is 1.35 bits per heavy atom. The lowest BCUT2D eigenvalue weighted by Gasteiger charge is -2.26. The van der Waals surface area contributed by atoms with Gasteiger partial charge in [-0.2, -0.15) is 0 Å². The summed E-state index contributed by atoms with van der Waals surface area (Å²) in [7, 11) is 3.64. The van der Waals surface area contributed by atoms with Gasteiger partial charge in [0.2, 0.25) is 5.01 Å². The molecule has 140 valence electrons. The molecule has 1 aromatic heterocycles. The van der Waals surface area contributed by atoms with E-state index in [1.54, 1.807) is 31.4 Å². The summed E-state index contributed by atoms with van der Waals surface area (Å²) in [6.07, 6.45) is 3.78. The molecule has 1 fully saturated rings. The van der Waals surface area contributed by atoms with Crippen molar-refractivity contribution >= 4 is 22.9 Å². The maximum atomic E-state index is 12.3. The summed E-state index contributed by atoms with van der Waals surface area (Å²) >= 11 is 1.32. The van der Waals surface area contributed by atoms with E-state index in [1.165, 1.54) is 17.8 Å². The van der Waals surface area contributed by atoms with Crippen LogP contribution in [0.3, 0.4) is 0 Å². The molecule has 7 nitrogen and oxygen atoms in total. The molecule has 0 aliphatic carbocycles.